The molecule has 0 aliphatic heterocycles. The highest BCUT2D eigenvalue weighted by molar-refractivity contribution is 7.92. The van der Waals surface area contributed by atoms with Crippen LogP contribution in [0.15, 0.2) is 35.2 Å². The molecular formula is C17H20N2O4S. The first-order valence-electron chi connectivity index (χ1n) is 7.32. The zero-order valence-corrected chi connectivity index (χ0v) is 14.8. The molecule has 1 amide bonds. The van der Waals surface area contributed by atoms with E-state index in [0.29, 0.717) is 16.8 Å². The SMILES string of the molecule is CC(=O)Nc1c(C)cc(C)c(S(=O)(=O)Nc2cccc(O)c2)c1C. The summed E-state index contributed by atoms with van der Waals surface area (Å²) < 4.78 is 28.1. The molecule has 0 spiro atoms. The Balaban J connectivity index is 2.55. The fourth-order valence-corrected chi connectivity index (χ4v) is 4.25. The summed E-state index contributed by atoms with van der Waals surface area (Å²) in [6.45, 7) is 6.54. The normalized spacial score (nSPS) is 11.2. The number of amides is 1. The highest BCUT2D eigenvalue weighted by Crippen LogP contribution is 2.31. The number of rotatable bonds is 4. The zero-order valence-electron chi connectivity index (χ0n) is 14.0. The molecule has 6 nitrogen and oxygen atoms in total. The second-order valence-electron chi connectivity index (χ2n) is 5.68. The first-order chi connectivity index (χ1) is 11.1. The average Bonchev–Trinajstić information content (AvgIpc) is 2.42. The van der Waals surface area contributed by atoms with Crippen molar-refractivity contribution in [2.75, 3.05) is 10.0 Å². The number of sulfonamides is 1. The number of benzene rings is 2. The predicted octanol–water partition coefficient (Wildman–Crippen LogP) is 3.08. The van der Waals surface area contributed by atoms with E-state index in [9.17, 15) is 18.3 Å². The molecule has 0 heterocycles. The number of carbonyl (C=O) groups excluding carboxylic acids is 1. The standard InChI is InChI=1S/C17H20N2O4S/c1-10-8-11(2)17(12(3)16(10)18-13(4)20)24(22,23)19-14-6-5-7-15(21)9-14/h5-9,19,21H,1-4H3,(H,18,20). The molecule has 24 heavy (non-hydrogen) atoms. The van der Waals surface area contributed by atoms with Gasteiger partial charge in [-0.05, 0) is 49.6 Å². The van der Waals surface area contributed by atoms with Gasteiger partial charge in [0.2, 0.25) is 5.91 Å². The fourth-order valence-electron chi connectivity index (χ4n) is 2.72. The second-order valence-corrected chi connectivity index (χ2v) is 7.30. The van der Waals surface area contributed by atoms with E-state index >= 15 is 0 Å². The quantitative estimate of drug-likeness (QED) is 0.791. The van der Waals surface area contributed by atoms with Crippen LogP contribution in [0.4, 0.5) is 11.4 Å². The minimum atomic E-state index is -3.88. The Morgan fingerprint density at radius 1 is 1.08 bits per heavy atom. The van der Waals surface area contributed by atoms with Crippen LogP contribution >= 0.6 is 0 Å². The molecule has 128 valence electrons. The lowest BCUT2D eigenvalue weighted by Crippen LogP contribution is -2.18. The van der Waals surface area contributed by atoms with E-state index in [4.69, 9.17) is 0 Å². The van der Waals surface area contributed by atoms with Crippen LogP contribution in [0.5, 0.6) is 5.75 Å². The van der Waals surface area contributed by atoms with Crippen LogP contribution in [-0.2, 0) is 14.8 Å². The number of hydrogen-bond donors (Lipinski definition) is 3. The Morgan fingerprint density at radius 3 is 2.33 bits per heavy atom. The maximum atomic E-state index is 12.8. The van der Waals surface area contributed by atoms with Crippen molar-refractivity contribution in [3.05, 3.63) is 47.0 Å². The number of anilines is 2. The molecule has 0 aromatic heterocycles. The van der Waals surface area contributed by atoms with Gasteiger partial charge in [-0.1, -0.05) is 12.1 Å². The molecule has 0 fully saturated rings. The number of carbonyl (C=O) groups is 1. The highest BCUT2D eigenvalue weighted by atomic mass is 32.2. The van der Waals surface area contributed by atoms with Gasteiger partial charge in [0.15, 0.2) is 0 Å². The lowest BCUT2D eigenvalue weighted by atomic mass is 10.0. The number of phenolic OH excluding ortho intramolecular Hbond substituents is 1. The van der Waals surface area contributed by atoms with Gasteiger partial charge in [-0.25, -0.2) is 8.42 Å². The molecule has 2 rings (SSSR count). The molecule has 0 aliphatic rings. The Kier molecular flexibility index (Phi) is 4.84. The van der Waals surface area contributed by atoms with Gasteiger partial charge >= 0.3 is 0 Å². The number of hydrogen-bond acceptors (Lipinski definition) is 4. The lowest BCUT2D eigenvalue weighted by Gasteiger charge is -2.18. The topological polar surface area (TPSA) is 95.5 Å². The summed E-state index contributed by atoms with van der Waals surface area (Å²) >= 11 is 0. The van der Waals surface area contributed by atoms with Crippen molar-refractivity contribution in [2.45, 2.75) is 32.6 Å². The molecule has 0 bridgehead atoms. The molecule has 0 saturated carbocycles. The third kappa shape index (κ3) is 3.68. The summed E-state index contributed by atoms with van der Waals surface area (Å²) in [6, 6.07) is 7.59. The van der Waals surface area contributed by atoms with Gasteiger partial charge in [0, 0.05) is 18.7 Å². The molecule has 2 aromatic rings. The maximum absolute atomic E-state index is 12.8. The van der Waals surface area contributed by atoms with Gasteiger partial charge < -0.3 is 10.4 Å². The third-order valence-corrected chi connectivity index (χ3v) is 5.24. The van der Waals surface area contributed by atoms with Crippen LogP contribution < -0.4 is 10.0 Å². The van der Waals surface area contributed by atoms with E-state index in [1.54, 1.807) is 32.0 Å². The van der Waals surface area contributed by atoms with E-state index in [2.05, 4.69) is 10.0 Å². The van der Waals surface area contributed by atoms with Crippen molar-refractivity contribution in [3.8, 4) is 5.75 Å². The van der Waals surface area contributed by atoms with E-state index in [1.807, 2.05) is 6.92 Å². The summed E-state index contributed by atoms with van der Waals surface area (Å²) in [5.74, 6) is -0.305. The van der Waals surface area contributed by atoms with Gasteiger partial charge in [0.25, 0.3) is 10.0 Å². The van der Waals surface area contributed by atoms with Gasteiger partial charge in [-0.3, -0.25) is 9.52 Å². The largest absolute Gasteiger partial charge is 0.508 e. The van der Waals surface area contributed by atoms with Crippen LogP contribution in [0.1, 0.15) is 23.6 Å². The number of aryl methyl sites for hydroxylation is 2. The Morgan fingerprint density at radius 2 is 1.75 bits per heavy atom. The van der Waals surface area contributed by atoms with Crippen LogP contribution in [0.3, 0.4) is 0 Å². The summed E-state index contributed by atoms with van der Waals surface area (Å²) in [7, 11) is -3.88. The van der Waals surface area contributed by atoms with Crippen molar-refractivity contribution < 1.29 is 18.3 Å². The van der Waals surface area contributed by atoms with Gasteiger partial charge in [0.1, 0.15) is 5.75 Å². The fraction of sp³-hybridized carbons (Fsp3) is 0.235. The zero-order chi connectivity index (χ0) is 18.1. The van der Waals surface area contributed by atoms with Gasteiger partial charge in [0.05, 0.1) is 10.6 Å². The van der Waals surface area contributed by atoms with Crippen LogP contribution in [0.25, 0.3) is 0 Å². The molecule has 0 radical (unpaired) electrons. The third-order valence-electron chi connectivity index (χ3n) is 3.57. The van der Waals surface area contributed by atoms with Gasteiger partial charge in [-0.2, -0.15) is 0 Å². The molecular weight excluding hydrogens is 328 g/mol. The monoisotopic (exact) mass is 348 g/mol. The average molecular weight is 348 g/mol. The van der Waals surface area contributed by atoms with Crippen molar-refractivity contribution >= 4 is 27.3 Å². The summed E-state index contributed by atoms with van der Waals surface area (Å²) in [6.07, 6.45) is 0. The van der Waals surface area contributed by atoms with Crippen molar-refractivity contribution in [1.82, 2.24) is 0 Å². The molecule has 0 aliphatic carbocycles. The van der Waals surface area contributed by atoms with Crippen LogP contribution in [0.2, 0.25) is 0 Å². The molecule has 0 saturated heterocycles. The van der Waals surface area contributed by atoms with E-state index in [-0.39, 0.29) is 22.2 Å². The number of phenols is 1. The highest BCUT2D eigenvalue weighted by Gasteiger charge is 2.23. The van der Waals surface area contributed by atoms with Crippen LogP contribution in [-0.4, -0.2) is 19.4 Å². The number of aromatic hydroxyl groups is 1. The van der Waals surface area contributed by atoms with E-state index in [1.165, 1.54) is 19.1 Å². The molecule has 7 heteroatoms. The summed E-state index contributed by atoms with van der Waals surface area (Å²) in [4.78, 5) is 11.5. The van der Waals surface area contributed by atoms with E-state index in [0.717, 1.165) is 5.56 Å². The van der Waals surface area contributed by atoms with E-state index < -0.39 is 10.0 Å². The second kappa shape index (κ2) is 6.52. The number of nitrogens with one attached hydrogen (secondary N) is 2. The molecule has 2 aromatic carbocycles. The minimum Gasteiger partial charge on any atom is -0.508 e. The predicted molar refractivity (Wildman–Crippen MR) is 93.9 cm³/mol. The smallest absolute Gasteiger partial charge is 0.262 e. The molecule has 0 atom stereocenters. The van der Waals surface area contributed by atoms with Crippen molar-refractivity contribution in [1.29, 1.82) is 0 Å². The lowest BCUT2D eigenvalue weighted by molar-refractivity contribution is -0.114. The maximum Gasteiger partial charge on any atom is 0.262 e. The molecule has 0 unspecified atom stereocenters. The molecule has 3 N–H and O–H groups in total. The Labute approximate surface area is 141 Å². The van der Waals surface area contributed by atoms with Crippen LogP contribution in [0, 0.1) is 20.8 Å². The van der Waals surface area contributed by atoms with Crippen molar-refractivity contribution in [2.24, 2.45) is 0 Å². The Hall–Kier alpha value is -2.54. The Bertz CT molecular complexity index is 905. The first kappa shape index (κ1) is 17.8. The van der Waals surface area contributed by atoms with Crippen molar-refractivity contribution in [3.63, 3.8) is 0 Å². The minimum absolute atomic E-state index is 0.0357. The van der Waals surface area contributed by atoms with Gasteiger partial charge in [-0.15, -0.1) is 0 Å². The summed E-state index contributed by atoms with van der Waals surface area (Å²) in [5.41, 5.74) is 2.58. The first-order valence-corrected chi connectivity index (χ1v) is 8.80. The summed E-state index contributed by atoms with van der Waals surface area (Å²) in [5, 5.41) is 12.2.